The van der Waals surface area contributed by atoms with E-state index in [1.807, 2.05) is 55.4 Å². The van der Waals surface area contributed by atoms with Crippen LogP contribution in [0.1, 0.15) is 61.8 Å². The Labute approximate surface area is 146 Å². The third kappa shape index (κ3) is 5.96. The quantitative estimate of drug-likeness (QED) is 0.837. The number of carbonyl (C=O) groups excluding carboxylic acids is 2. The normalized spacial score (nSPS) is 19.9. The Morgan fingerprint density at radius 2 is 1.67 bits per heavy atom. The zero-order valence-electron chi connectivity index (χ0n) is 16.5. The monoisotopic (exact) mass is 342 g/mol. The van der Waals surface area contributed by atoms with E-state index >= 15 is 0 Å². The topological polar surface area (TPSA) is 70.1 Å². The maximum Gasteiger partial charge on any atom is 0.410 e. The number of aliphatic hydroxyl groups is 1. The van der Waals surface area contributed by atoms with Gasteiger partial charge in [0.05, 0.1) is 5.54 Å². The van der Waals surface area contributed by atoms with E-state index in [1.165, 1.54) is 0 Å². The number of hydrogen-bond acceptors (Lipinski definition) is 4. The smallest absolute Gasteiger partial charge is 0.410 e. The standard InChI is InChI=1S/C18H34N2O4/c1-16(2,3)11-13(21)14(22)19-9-10-20(18(7,8)12-19)15(23)24-17(4,5)6/h13,21H,9-12H2,1-8H3/t13-/m1/s1. The van der Waals surface area contributed by atoms with Crippen molar-refractivity contribution in [3.05, 3.63) is 0 Å². The first-order valence-corrected chi connectivity index (χ1v) is 8.60. The molecule has 0 aromatic rings. The van der Waals surface area contributed by atoms with E-state index in [1.54, 1.807) is 9.80 Å². The minimum absolute atomic E-state index is 0.122. The van der Waals surface area contributed by atoms with Crippen LogP contribution in [0.5, 0.6) is 0 Å². The van der Waals surface area contributed by atoms with Crippen molar-refractivity contribution >= 4 is 12.0 Å². The molecule has 2 amide bonds. The van der Waals surface area contributed by atoms with Gasteiger partial charge in [-0.15, -0.1) is 0 Å². The molecule has 1 heterocycles. The Balaban J connectivity index is 2.75. The first kappa shape index (κ1) is 20.7. The van der Waals surface area contributed by atoms with E-state index in [4.69, 9.17) is 4.74 Å². The summed E-state index contributed by atoms with van der Waals surface area (Å²) in [7, 11) is 0. The number of rotatable bonds is 2. The number of hydrogen-bond donors (Lipinski definition) is 1. The molecule has 1 fully saturated rings. The van der Waals surface area contributed by atoms with Gasteiger partial charge < -0.3 is 14.7 Å². The highest BCUT2D eigenvalue weighted by Crippen LogP contribution is 2.26. The molecule has 1 aliphatic rings. The summed E-state index contributed by atoms with van der Waals surface area (Å²) >= 11 is 0. The maximum atomic E-state index is 12.5. The second-order valence-electron chi connectivity index (χ2n) is 9.48. The second-order valence-corrected chi connectivity index (χ2v) is 9.48. The fourth-order valence-electron chi connectivity index (χ4n) is 2.88. The summed E-state index contributed by atoms with van der Waals surface area (Å²) in [5.74, 6) is -0.262. The van der Waals surface area contributed by atoms with Gasteiger partial charge in [0, 0.05) is 19.6 Å². The third-order valence-corrected chi connectivity index (χ3v) is 3.92. The number of amides is 2. The fourth-order valence-corrected chi connectivity index (χ4v) is 2.88. The van der Waals surface area contributed by atoms with Crippen molar-refractivity contribution in [3.8, 4) is 0 Å². The summed E-state index contributed by atoms with van der Waals surface area (Å²) in [4.78, 5) is 28.2. The van der Waals surface area contributed by atoms with Crippen LogP contribution < -0.4 is 0 Å². The molecule has 1 aliphatic heterocycles. The summed E-state index contributed by atoms with van der Waals surface area (Å²) < 4.78 is 5.46. The Kier molecular flexibility index (Phi) is 5.97. The number of carbonyl (C=O) groups is 2. The maximum absolute atomic E-state index is 12.5. The third-order valence-electron chi connectivity index (χ3n) is 3.92. The Hall–Kier alpha value is -1.30. The SMILES string of the molecule is CC(C)(C)C[C@@H](O)C(=O)N1CCN(C(=O)OC(C)(C)C)C(C)(C)C1. The van der Waals surface area contributed by atoms with E-state index in [9.17, 15) is 14.7 Å². The average Bonchev–Trinajstić information content (AvgIpc) is 2.31. The van der Waals surface area contributed by atoms with Crippen molar-refractivity contribution in [3.63, 3.8) is 0 Å². The van der Waals surface area contributed by atoms with E-state index < -0.39 is 17.2 Å². The van der Waals surface area contributed by atoms with Gasteiger partial charge in [0.15, 0.2) is 0 Å². The van der Waals surface area contributed by atoms with Crippen LogP contribution in [0.4, 0.5) is 4.79 Å². The van der Waals surface area contributed by atoms with Crippen LogP contribution in [0, 0.1) is 5.41 Å². The van der Waals surface area contributed by atoms with Crippen LogP contribution >= 0.6 is 0 Å². The van der Waals surface area contributed by atoms with Gasteiger partial charge in [-0.1, -0.05) is 20.8 Å². The molecule has 0 spiro atoms. The van der Waals surface area contributed by atoms with Gasteiger partial charge in [-0.3, -0.25) is 9.69 Å². The molecular formula is C18H34N2O4. The van der Waals surface area contributed by atoms with E-state index in [-0.39, 0.29) is 17.4 Å². The van der Waals surface area contributed by atoms with Crippen LogP contribution in [-0.2, 0) is 9.53 Å². The van der Waals surface area contributed by atoms with Crippen molar-refractivity contribution in [2.45, 2.75) is 79.1 Å². The van der Waals surface area contributed by atoms with E-state index in [0.29, 0.717) is 26.1 Å². The molecule has 0 aromatic heterocycles. The average molecular weight is 342 g/mol. The first-order valence-electron chi connectivity index (χ1n) is 8.60. The highest BCUT2D eigenvalue weighted by molar-refractivity contribution is 5.81. The summed E-state index contributed by atoms with van der Waals surface area (Å²) in [6, 6.07) is 0. The van der Waals surface area contributed by atoms with Crippen LogP contribution in [0.3, 0.4) is 0 Å². The minimum Gasteiger partial charge on any atom is -0.444 e. The van der Waals surface area contributed by atoms with Crippen molar-refractivity contribution in [2.75, 3.05) is 19.6 Å². The molecule has 0 unspecified atom stereocenters. The zero-order valence-corrected chi connectivity index (χ0v) is 16.5. The molecule has 6 nitrogen and oxygen atoms in total. The largest absolute Gasteiger partial charge is 0.444 e. The van der Waals surface area contributed by atoms with Crippen molar-refractivity contribution in [1.29, 1.82) is 0 Å². The van der Waals surface area contributed by atoms with Crippen LogP contribution in [-0.4, -0.2) is 63.8 Å². The van der Waals surface area contributed by atoms with Crippen LogP contribution in [0.15, 0.2) is 0 Å². The molecule has 140 valence electrons. The van der Waals surface area contributed by atoms with Crippen molar-refractivity contribution in [2.24, 2.45) is 5.41 Å². The number of aliphatic hydroxyl groups excluding tert-OH is 1. The lowest BCUT2D eigenvalue weighted by molar-refractivity contribution is -0.146. The number of nitrogens with zero attached hydrogens (tertiary/aromatic N) is 2. The molecule has 0 aliphatic carbocycles. The zero-order chi connectivity index (χ0) is 18.9. The summed E-state index contributed by atoms with van der Waals surface area (Å²) in [6.07, 6.45) is -0.956. The molecule has 1 atom stereocenters. The molecule has 0 saturated carbocycles. The Bertz CT molecular complexity index is 474. The molecule has 24 heavy (non-hydrogen) atoms. The molecular weight excluding hydrogens is 308 g/mol. The molecule has 1 rings (SSSR count). The highest BCUT2D eigenvalue weighted by Gasteiger charge is 2.41. The van der Waals surface area contributed by atoms with Gasteiger partial charge in [-0.2, -0.15) is 0 Å². The van der Waals surface area contributed by atoms with Crippen LogP contribution in [0.25, 0.3) is 0 Å². The molecule has 6 heteroatoms. The lowest BCUT2D eigenvalue weighted by Gasteiger charge is -2.47. The van der Waals surface area contributed by atoms with Crippen molar-refractivity contribution < 1.29 is 19.4 Å². The molecule has 1 saturated heterocycles. The van der Waals surface area contributed by atoms with E-state index in [2.05, 4.69) is 0 Å². The van der Waals surface area contributed by atoms with Gasteiger partial charge in [-0.05, 0) is 46.5 Å². The molecule has 1 N–H and O–H groups in total. The van der Waals surface area contributed by atoms with Gasteiger partial charge in [-0.25, -0.2) is 4.79 Å². The molecule has 0 aromatic carbocycles. The summed E-state index contributed by atoms with van der Waals surface area (Å²) in [5.41, 5.74) is -1.22. The van der Waals surface area contributed by atoms with Crippen LogP contribution in [0.2, 0.25) is 0 Å². The van der Waals surface area contributed by atoms with Gasteiger partial charge in [0.2, 0.25) is 0 Å². The Morgan fingerprint density at radius 1 is 1.12 bits per heavy atom. The first-order chi connectivity index (χ1) is 10.6. The molecule has 0 bridgehead atoms. The predicted molar refractivity (Wildman–Crippen MR) is 93.7 cm³/mol. The van der Waals surface area contributed by atoms with Crippen molar-refractivity contribution in [1.82, 2.24) is 9.80 Å². The molecule has 0 radical (unpaired) electrons. The number of piperazine rings is 1. The second kappa shape index (κ2) is 6.90. The van der Waals surface area contributed by atoms with Gasteiger partial charge in [0.25, 0.3) is 5.91 Å². The number of ether oxygens (including phenoxy) is 1. The lowest BCUT2D eigenvalue weighted by atomic mass is 9.88. The van der Waals surface area contributed by atoms with Gasteiger partial charge in [0.1, 0.15) is 11.7 Å². The summed E-state index contributed by atoms with van der Waals surface area (Å²) in [6.45, 7) is 16.5. The fraction of sp³-hybridized carbons (Fsp3) is 0.889. The lowest BCUT2D eigenvalue weighted by Crippen LogP contribution is -2.63. The predicted octanol–water partition coefficient (Wildman–Crippen LogP) is 2.64. The van der Waals surface area contributed by atoms with E-state index in [0.717, 1.165) is 0 Å². The highest BCUT2D eigenvalue weighted by atomic mass is 16.6. The minimum atomic E-state index is -1.01. The van der Waals surface area contributed by atoms with Gasteiger partial charge >= 0.3 is 6.09 Å². The Morgan fingerprint density at radius 3 is 2.08 bits per heavy atom. The summed E-state index contributed by atoms with van der Waals surface area (Å²) in [5, 5.41) is 10.2.